The number of alkyl halides is 3. The van der Waals surface area contributed by atoms with Crippen molar-refractivity contribution >= 4 is 17.6 Å². The Bertz CT molecular complexity index is 1260. The van der Waals surface area contributed by atoms with Gasteiger partial charge in [-0.1, -0.05) is 18.2 Å². The van der Waals surface area contributed by atoms with E-state index in [0.717, 1.165) is 12.1 Å². The highest BCUT2D eigenvalue weighted by molar-refractivity contribution is 5.93. The maximum absolute atomic E-state index is 12.7. The summed E-state index contributed by atoms with van der Waals surface area (Å²) in [6.45, 7) is 0.690. The molecule has 1 heterocycles. The minimum atomic E-state index is -4.90. The lowest BCUT2D eigenvalue weighted by Crippen LogP contribution is -2.39. The summed E-state index contributed by atoms with van der Waals surface area (Å²) in [5, 5.41) is 5.14. The van der Waals surface area contributed by atoms with E-state index in [2.05, 4.69) is 15.4 Å². The zero-order chi connectivity index (χ0) is 26.4. The number of carbonyl (C=O) groups is 2. The smallest absolute Gasteiger partial charge is 0.483 e. The molecule has 194 valence electrons. The number of ether oxygens (including phenoxy) is 4. The quantitative estimate of drug-likeness (QED) is 0.382. The van der Waals surface area contributed by atoms with Crippen molar-refractivity contribution in [2.45, 2.75) is 19.0 Å². The first-order chi connectivity index (χ1) is 17.7. The van der Waals surface area contributed by atoms with Gasteiger partial charge in [-0.2, -0.15) is 0 Å². The normalized spacial score (nSPS) is 13.3. The number of rotatable bonds is 9. The Hall–Kier alpha value is -4.45. The molecular formula is C25H22F3N3O6. The predicted octanol–water partition coefficient (Wildman–Crippen LogP) is 4.58. The number of hydrogen-bond acceptors (Lipinski definition) is 6. The zero-order valence-corrected chi connectivity index (χ0v) is 19.2. The van der Waals surface area contributed by atoms with E-state index >= 15 is 0 Å². The Morgan fingerprint density at radius 2 is 1.68 bits per heavy atom. The second-order valence-electron chi connectivity index (χ2n) is 7.89. The number of anilines is 1. The van der Waals surface area contributed by atoms with Crippen LogP contribution in [-0.2, 0) is 11.3 Å². The largest absolute Gasteiger partial charge is 0.573 e. The molecule has 0 atom stereocenters. The topological polar surface area (TPSA) is 121 Å². The van der Waals surface area contributed by atoms with Crippen LogP contribution in [-0.4, -0.2) is 37.6 Å². The van der Waals surface area contributed by atoms with Gasteiger partial charge in [-0.05, 0) is 42.5 Å². The van der Waals surface area contributed by atoms with Crippen molar-refractivity contribution in [3.05, 3.63) is 77.9 Å². The van der Waals surface area contributed by atoms with Crippen LogP contribution in [0, 0.1) is 0 Å². The summed E-state index contributed by atoms with van der Waals surface area (Å²) in [5.41, 5.74) is 6.19. The third-order valence-electron chi connectivity index (χ3n) is 5.11. The number of urea groups is 1. The van der Waals surface area contributed by atoms with Gasteiger partial charge in [0.05, 0.1) is 18.9 Å². The Kier molecular flexibility index (Phi) is 7.68. The minimum absolute atomic E-state index is 0.00905. The van der Waals surface area contributed by atoms with Crippen LogP contribution < -0.4 is 30.6 Å². The van der Waals surface area contributed by atoms with Crippen LogP contribution in [0.5, 0.6) is 23.0 Å². The average Bonchev–Trinajstić information content (AvgIpc) is 2.81. The number of benzene rings is 3. The fourth-order valence-corrected chi connectivity index (χ4v) is 3.27. The Morgan fingerprint density at radius 3 is 2.32 bits per heavy atom. The molecule has 9 nitrogen and oxygen atoms in total. The maximum atomic E-state index is 12.7. The summed E-state index contributed by atoms with van der Waals surface area (Å²) in [6, 6.07) is 15.8. The van der Waals surface area contributed by atoms with Crippen LogP contribution in [0.4, 0.5) is 23.7 Å². The predicted molar refractivity (Wildman–Crippen MR) is 126 cm³/mol. The van der Waals surface area contributed by atoms with E-state index in [-0.39, 0.29) is 24.1 Å². The molecule has 1 aliphatic rings. The summed E-state index contributed by atoms with van der Waals surface area (Å²) in [4.78, 5) is 23.9. The molecule has 1 fully saturated rings. The fraction of sp³-hybridized carbons (Fsp3) is 0.200. The van der Waals surface area contributed by atoms with E-state index < -0.39 is 24.1 Å². The van der Waals surface area contributed by atoms with Crippen LogP contribution in [0.1, 0.15) is 15.9 Å². The average molecular weight is 517 g/mol. The van der Waals surface area contributed by atoms with Gasteiger partial charge < -0.3 is 35.3 Å². The first-order valence-electron chi connectivity index (χ1n) is 11.0. The first kappa shape index (κ1) is 25.6. The van der Waals surface area contributed by atoms with Crippen LogP contribution in [0.25, 0.3) is 0 Å². The molecule has 0 radical (unpaired) electrons. The highest BCUT2D eigenvalue weighted by atomic mass is 19.4. The van der Waals surface area contributed by atoms with Crippen LogP contribution in [0.2, 0.25) is 0 Å². The second kappa shape index (κ2) is 11.1. The molecule has 4 N–H and O–H groups in total. The van der Waals surface area contributed by atoms with Crippen molar-refractivity contribution < 1.29 is 41.7 Å². The van der Waals surface area contributed by atoms with E-state index in [1.54, 1.807) is 36.4 Å². The van der Waals surface area contributed by atoms with Crippen LogP contribution in [0.15, 0.2) is 66.7 Å². The summed E-state index contributed by atoms with van der Waals surface area (Å²) < 4.78 is 58.5. The molecule has 0 aliphatic carbocycles. The number of amides is 3. The number of nitrogens with two attached hydrogens (primary N) is 1. The second-order valence-corrected chi connectivity index (χ2v) is 7.89. The number of nitrogens with one attached hydrogen (secondary N) is 2. The van der Waals surface area contributed by atoms with E-state index in [4.69, 9.17) is 19.9 Å². The first-order valence-corrected chi connectivity index (χ1v) is 11.0. The summed E-state index contributed by atoms with van der Waals surface area (Å²) in [7, 11) is 0. The number of carbonyl (C=O) groups excluding carboxylic acids is 2. The fourth-order valence-electron chi connectivity index (χ4n) is 3.27. The summed E-state index contributed by atoms with van der Waals surface area (Å²) in [6.07, 6.45) is -5.17. The highest BCUT2D eigenvalue weighted by Crippen LogP contribution is 2.33. The van der Waals surface area contributed by atoms with Gasteiger partial charge in [-0.3, -0.25) is 4.79 Å². The standard InChI is InChI=1S/C25H22F3N3O6/c26-25(27,28)37-18-9-10-22(36-19-13-34-14-19)20(11-18)31-24(33)30-12-16-3-1-2-4-21(16)35-17-7-5-15(6-8-17)23(29)32/h1-11,19H,12-14H2,(H2,29,32)(H2,30,31,33). The molecule has 37 heavy (non-hydrogen) atoms. The summed E-state index contributed by atoms with van der Waals surface area (Å²) in [5.74, 6) is -0.0104. The molecule has 0 saturated carbocycles. The Morgan fingerprint density at radius 1 is 0.973 bits per heavy atom. The Labute approximate surface area is 209 Å². The molecule has 4 rings (SSSR count). The molecule has 3 aromatic rings. The lowest BCUT2D eigenvalue weighted by Gasteiger charge is -2.28. The molecule has 0 unspecified atom stereocenters. The van der Waals surface area contributed by atoms with Crippen molar-refractivity contribution in [3.8, 4) is 23.0 Å². The molecule has 1 saturated heterocycles. The van der Waals surface area contributed by atoms with Crippen molar-refractivity contribution in [2.24, 2.45) is 5.73 Å². The molecule has 0 aromatic heterocycles. The van der Waals surface area contributed by atoms with Gasteiger partial charge in [-0.25, -0.2) is 4.79 Å². The van der Waals surface area contributed by atoms with Gasteiger partial charge in [-0.15, -0.1) is 13.2 Å². The molecular weight excluding hydrogens is 495 g/mol. The SMILES string of the molecule is NC(=O)c1ccc(Oc2ccccc2CNC(=O)Nc2cc(OC(F)(F)F)ccc2OC2COC2)cc1. The van der Waals surface area contributed by atoms with Crippen molar-refractivity contribution in [2.75, 3.05) is 18.5 Å². The van der Waals surface area contributed by atoms with E-state index in [1.807, 2.05) is 0 Å². The number of halogens is 3. The third kappa shape index (κ3) is 7.27. The van der Waals surface area contributed by atoms with E-state index in [9.17, 15) is 22.8 Å². The van der Waals surface area contributed by atoms with Crippen LogP contribution >= 0.6 is 0 Å². The third-order valence-corrected chi connectivity index (χ3v) is 5.11. The minimum Gasteiger partial charge on any atom is -0.483 e. The molecule has 3 amide bonds. The molecule has 3 aromatic carbocycles. The van der Waals surface area contributed by atoms with E-state index in [1.165, 1.54) is 18.2 Å². The zero-order valence-electron chi connectivity index (χ0n) is 19.2. The molecule has 1 aliphatic heterocycles. The van der Waals surface area contributed by atoms with Gasteiger partial charge >= 0.3 is 12.4 Å². The lowest BCUT2D eigenvalue weighted by molar-refractivity contribution is -0.274. The van der Waals surface area contributed by atoms with Crippen molar-refractivity contribution in [1.82, 2.24) is 5.32 Å². The van der Waals surface area contributed by atoms with Crippen molar-refractivity contribution in [1.29, 1.82) is 0 Å². The van der Waals surface area contributed by atoms with Gasteiger partial charge in [0, 0.05) is 23.7 Å². The monoisotopic (exact) mass is 517 g/mol. The van der Waals surface area contributed by atoms with Gasteiger partial charge in [0.2, 0.25) is 5.91 Å². The lowest BCUT2D eigenvalue weighted by atomic mass is 10.2. The number of primary amides is 1. The highest BCUT2D eigenvalue weighted by Gasteiger charge is 2.31. The van der Waals surface area contributed by atoms with Gasteiger partial charge in [0.25, 0.3) is 0 Å². The van der Waals surface area contributed by atoms with Crippen molar-refractivity contribution in [3.63, 3.8) is 0 Å². The summed E-state index contributed by atoms with van der Waals surface area (Å²) >= 11 is 0. The van der Waals surface area contributed by atoms with E-state index in [0.29, 0.717) is 35.8 Å². The van der Waals surface area contributed by atoms with Gasteiger partial charge in [0.1, 0.15) is 29.1 Å². The molecule has 0 bridgehead atoms. The van der Waals surface area contributed by atoms with Gasteiger partial charge in [0.15, 0.2) is 0 Å². The van der Waals surface area contributed by atoms with Crippen LogP contribution in [0.3, 0.4) is 0 Å². The number of para-hydroxylation sites is 1. The number of hydrogen-bond donors (Lipinski definition) is 3. The molecule has 12 heteroatoms. The molecule has 0 spiro atoms. The Balaban J connectivity index is 1.43. The maximum Gasteiger partial charge on any atom is 0.573 e.